The SMILES string of the molecule is CCC(C)(C)CNC(=O)C(CS)NC(C)=O. The molecule has 1 unspecified atom stereocenters. The first-order valence-electron chi connectivity index (χ1n) is 5.48. The topological polar surface area (TPSA) is 58.2 Å². The second-order valence-electron chi connectivity index (χ2n) is 4.67. The third kappa shape index (κ3) is 6.00. The molecule has 0 aromatic heterocycles. The van der Waals surface area contributed by atoms with Gasteiger partial charge in [-0.25, -0.2) is 0 Å². The number of hydrogen-bond acceptors (Lipinski definition) is 3. The number of amides is 2. The van der Waals surface area contributed by atoms with E-state index in [0.717, 1.165) is 6.42 Å². The minimum Gasteiger partial charge on any atom is -0.354 e. The summed E-state index contributed by atoms with van der Waals surface area (Å²) in [5.74, 6) is -0.0894. The van der Waals surface area contributed by atoms with Gasteiger partial charge in [-0.05, 0) is 11.8 Å². The highest BCUT2D eigenvalue weighted by Crippen LogP contribution is 2.17. The monoisotopic (exact) mass is 246 g/mol. The molecule has 0 aromatic carbocycles. The first kappa shape index (κ1) is 15.3. The van der Waals surface area contributed by atoms with Crippen molar-refractivity contribution in [2.24, 2.45) is 5.41 Å². The molecule has 2 amide bonds. The van der Waals surface area contributed by atoms with Gasteiger partial charge in [0.1, 0.15) is 6.04 Å². The molecule has 0 aliphatic carbocycles. The first-order valence-corrected chi connectivity index (χ1v) is 6.11. The van der Waals surface area contributed by atoms with E-state index < -0.39 is 6.04 Å². The van der Waals surface area contributed by atoms with Gasteiger partial charge in [-0.3, -0.25) is 9.59 Å². The summed E-state index contributed by atoms with van der Waals surface area (Å²) in [6.45, 7) is 8.24. The van der Waals surface area contributed by atoms with Crippen molar-refractivity contribution in [2.75, 3.05) is 12.3 Å². The van der Waals surface area contributed by atoms with E-state index in [2.05, 4.69) is 44.0 Å². The van der Waals surface area contributed by atoms with Crippen molar-refractivity contribution in [1.82, 2.24) is 10.6 Å². The van der Waals surface area contributed by atoms with Gasteiger partial charge < -0.3 is 10.6 Å². The number of carbonyl (C=O) groups excluding carboxylic acids is 2. The molecule has 0 saturated heterocycles. The highest BCUT2D eigenvalue weighted by Gasteiger charge is 2.21. The molecule has 0 rings (SSSR count). The lowest BCUT2D eigenvalue weighted by Crippen LogP contribution is -2.49. The van der Waals surface area contributed by atoms with Crippen LogP contribution in [0.4, 0.5) is 0 Å². The normalized spacial score (nSPS) is 13.1. The van der Waals surface area contributed by atoms with E-state index in [0.29, 0.717) is 12.3 Å². The van der Waals surface area contributed by atoms with Crippen LogP contribution in [-0.2, 0) is 9.59 Å². The number of rotatable bonds is 6. The quantitative estimate of drug-likeness (QED) is 0.612. The molecule has 0 aromatic rings. The van der Waals surface area contributed by atoms with Crippen LogP contribution in [0.5, 0.6) is 0 Å². The van der Waals surface area contributed by atoms with E-state index in [-0.39, 0.29) is 17.2 Å². The van der Waals surface area contributed by atoms with Crippen LogP contribution in [-0.4, -0.2) is 30.2 Å². The van der Waals surface area contributed by atoms with Crippen molar-refractivity contribution in [1.29, 1.82) is 0 Å². The third-order valence-electron chi connectivity index (χ3n) is 2.57. The Balaban J connectivity index is 4.17. The molecule has 5 heteroatoms. The van der Waals surface area contributed by atoms with Crippen LogP contribution in [0.25, 0.3) is 0 Å². The van der Waals surface area contributed by atoms with Crippen LogP contribution in [0.15, 0.2) is 0 Å². The Hall–Kier alpha value is -0.710. The lowest BCUT2D eigenvalue weighted by atomic mass is 9.90. The fourth-order valence-corrected chi connectivity index (χ4v) is 1.27. The molecule has 1 atom stereocenters. The highest BCUT2D eigenvalue weighted by molar-refractivity contribution is 7.80. The lowest BCUT2D eigenvalue weighted by Gasteiger charge is -2.24. The zero-order chi connectivity index (χ0) is 12.8. The predicted molar refractivity (Wildman–Crippen MR) is 68.5 cm³/mol. The number of hydrogen-bond donors (Lipinski definition) is 3. The van der Waals surface area contributed by atoms with Gasteiger partial charge in [0.15, 0.2) is 0 Å². The molecular formula is C11H22N2O2S. The summed E-state index contributed by atoms with van der Waals surface area (Å²) in [7, 11) is 0. The Bertz CT molecular complexity index is 254. The van der Waals surface area contributed by atoms with E-state index in [1.807, 2.05) is 0 Å². The van der Waals surface area contributed by atoms with Gasteiger partial charge in [0.05, 0.1) is 0 Å². The second kappa shape index (κ2) is 6.78. The number of thiol groups is 1. The van der Waals surface area contributed by atoms with Gasteiger partial charge in [-0.1, -0.05) is 20.8 Å². The van der Waals surface area contributed by atoms with Gasteiger partial charge in [-0.15, -0.1) is 0 Å². The predicted octanol–water partition coefficient (Wildman–Crippen LogP) is 0.973. The van der Waals surface area contributed by atoms with E-state index in [1.165, 1.54) is 6.92 Å². The Morgan fingerprint density at radius 1 is 1.38 bits per heavy atom. The summed E-state index contributed by atoms with van der Waals surface area (Å²) < 4.78 is 0. The molecule has 0 bridgehead atoms. The van der Waals surface area contributed by atoms with E-state index in [9.17, 15) is 9.59 Å². The van der Waals surface area contributed by atoms with Gasteiger partial charge >= 0.3 is 0 Å². The Kier molecular flexibility index (Phi) is 6.48. The first-order chi connectivity index (χ1) is 7.32. The smallest absolute Gasteiger partial charge is 0.243 e. The van der Waals surface area contributed by atoms with Crippen LogP contribution >= 0.6 is 12.6 Å². The molecule has 0 spiro atoms. The molecule has 2 N–H and O–H groups in total. The molecule has 0 radical (unpaired) electrons. The van der Waals surface area contributed by atoms with Crippen molar-refractivity contribution in [2.45, 2.75) is 40.2 Å². The van der Waals surface area contributed by atoms with E-state index >= 15 is 0 Å². The third-order valence-corrected chi connectivity index (χ3v) is 2.94. The number of carbonyl (C=O) groups is 2. The van der Waals surface area contributed by atoms with Crippen molar-refractivity contribution in [3.05, 3.63) is 0 Å². The van der Waals surface area contributed by atoms with Crippen molar-refractivity contribution >= 4 is 24.4 Å². The van der Waals surface area contributed by atoms with Crippen LogP contribution in [0.2, 0.25) is 0 Å². The Morgan fingerprint density at radius 3 is 2.31 bits per heavy atom. The summed E-state index contributed by atoms with van der Waals surface area (Å²) >= 11 is 4.04. The fraction of sp³-hybridized carbons (Fsp3) is 0.818. The molecule has 0 aliphatic rings. The maximum absolute atomic E-state index is 11.7. The van der Waals surface area contributed by atoms with Gasteiger partial charge in [-0.2, -0.15) is 12.6 Å². The Labute approximate surface area is 103 Å². The Morgan fingerprint density at radius 2 is 1.94 bits per heavy atom. The van der Waals surface area contributed by atoms with E-state index in [1.54, 1.807) is 0 Å². The lowest BCUT2D eigenvalue weighted by molar-refractivity contribution is -0.127. The van der Waals surface area contributed by atoms with Crippen LogP contribution in [0.1, 0.15) is 34.1 Å². The standard InChI is InChI=1S/C11H22N2O2S/c1-5-11(3,4)7-12-10(15)9(6-16)13-8(2)14/h9,16H,5-7H2,1-4H3,(H,12,15)(H,13,14). The average Bonchev–Trinajstić information content (AvgIpc) is 2.22. The molecule has 0 fully saturated rings. The molecule has 0 saturated carbocycles. The summed E-state index contributed by atoms with van der Waals surface area (Å²) in [4.78, 5) is 22.5. The molecule has 0 heterocycles. The molecule has 94 valence electrons. The van der Waals surface area contributed by atoms with Crippen LogP contribution in [0, 0.1) is 5.41 Å². The van der Waals surface area contributed by atoms with Crippen LogP contribution in [0.3, 0.4) is 0 Å². The average molecular weight is 246 g/mol. The minimum absolute atomic E-state index is 0.0764. The molecule has 4 nitrogen and oxygen atoms in total. The number of nitrogens with one attached hydrogen (secondary N) is 2. The fourth-order valence-electron chi connectivity index (χ4n) is 1.01. The van der Waals surface area contributed by atoms with Crippen molar-refractivity contribution < 1.29 is 9.59 Å². The van der Waals surface area contributed by atoms with Crippen molar-refractivity contribution in [3.8, 4) is 0 Å². The zero-order valence-corrected chi connectivity index (χ0v) is 11.4. The summed E-state index contributed by atoms with van der Waals surface area (Å²) in [5.41, 5.74) is 0.0764. The maximum atomic E-state index is 11.7. The van der Waals surface area contributed by atoms with Crippen LogP contribution < -0.4 is 10.6 Å². The highest BCUT2D eigenvalue weighted by atomic mass is 32.1. The summed E-state index contributed by atoms with van der Waals surface area (Å²) in [5, 5.41) is 5.38. The summed E-state index contributed by atoms with van der Waals surface area (Å²) in [6.07, 6.45) is 0.985. The second-order valence-corrected chi connectivity index (χ2v) is 5.04. The van der Waals surface area contributed by atoms with E-state index in [4.69, 9.17) is 0 Å². The maximum Gasteiger partial charge on any atom is 0.243 e. The molecule has 0 aliphatic heterocycles. The minimum atomic E-state index is -0.548. The van der Waals surface area contributed by atoms with Crippen molar-refractivity contribution in [3.63, 3.8) is 0 Å². The van der Waals surface area contributed by atoms with Gasteiger partial charge in [0, 0.05) is 19.2 Å². The molecular weight excluding hydrogens is 224 g/mol. The summed E-state index contributed by atoms with van der Waals surface area (Å²) in [6, 6.07) is -0.548. The molecule has 16 heavy (non-hydrogen) atoms. The van der Waals surface area contributed by atoms with Gasteiger partial charge in [0.25, 0.3) is 0 Å². The zero-order valence-electron chi connectivity index (χ0n) is 10.5. The largest absolute Gasteiger partial charge is 0.354 e. The van der Waals surface area contributed by atoms with Gasteiger partial charge in [0.2, 0.25) is 11.8 Å².